The lowest BCUT2D eigenvalue weighted by Gasteiger charge is -2.30. The molecule has 0 aliphatic rings. The lowest BCUT2D eigenvalue weighted by atomic mass is 10.1. The Morgan fingerprint density at radius 2 is 2.10 bits per heavy atom. The second-order valence-electron chi connectivity index (χ2n) is 4.99. The van der Waals surface area contributed by atoms with Gasteiger partial charge in [-0.15, -0.1) is 11.3 Å². The van der Waals surface area contributed by atoms with Crippen molar-refractivity contribution in [2.45, 2.75) is 25.6 Å². The van der Waals surface area contributed by atoms with Gasteiger partial charge in [0.05, 0.1) is 9.83 Å². The molecule has 1 heterocycles. The minimum atomic E-state index is -0.202. The average molecular weight is 357 g/mol. The zero-order valence-corrected chi connectivity index (χ0v) is 13.9. The molecule has 2 aromatic rings. The molecule has 0 bridgehead atoms. The van der Waals surface area contributed by atoms with Crippen molar-refractivity contribution in [3.63, 3.8) is 0 Å². The van der Waals surface area contributed by atoms with Gasteiger partial charge in [0, 0.05) is 17.5 Å². The van der Waals surface area contributed by atoms with Crippen LogP contribution in [0, 0.1) is 5.82 Å². The first kappa shape index (κ1) is 15.6. The van der Waals surface area contributed by atoms with E-state index in [2.05, 4.69) is 26.9 Å². The highest BCUT2D eigenvalue weighted by Crippen LogP contribution is 2.32. The lowest BCUT2D eigenvalue weighted by Crippen LogP contribution is -2.36. The summed E-state index contributed by atoms with van der Waals surface area (Å²) in [4.78, 5) is 3.38. The van der Waals surface area contributed by atoms with Gasteiger partial charge in [0.2, 0.25) is 0 Å². The van der Waals surface area contributed by atoms with Crippen molar-refractivity contribution >= 4 is 27.3 Å². The fourth-order valence-corrected chi connectivity index (χ4v) is 4.09. The maximum absolute atomic E-state index is 13.3. The number of benzene rings is 1. The number of rotatable bonds is 5. The highest BCUT2D eigenvalue weighted by molar-refractivity contribution is 9.11. The SMILES string of the molecule is CC(N)C(c1ccc(Br)s1)N(C)Cc1cccc(F)c1. The minimum Gasteiger partial charge on any atom is -0.326 e. The first-order valence-electron chi connectivity index (χ1n) is 6.43. The molecule has 0 aliphatic heterocycles. The van der Waals surface area contributed by atoms with E-state index >= 15 is 0 Å². The lowest BCUT2D eigenvalue weighted by molar-refractivity contribution is 0.214. The monoisotopic (exact) mass is 356 g/mol. The van der Waals surface area contributed by atoms with Crippen LogP contribution >= 0.6 is 27.3 Å². The molecular weight excluding hydrogens is 339 g/mol. The number of hydrogen-bond acceptors (Lipinski definition) is 3. The van der Waals surface area contributed by atoms with Crippen molar-refractivity contribution < 1.29 is 4.39 Å². The van der Waals surface area contributed by atoms with Gasteiger partial charge in [0.15, 0.2) is 0 Å². The molecule has 0 fully saturated rings. The highest BCUT2D eigenvalue weighted by atomic mass is 79.9. The maximum Gasteiger partial charge on any atom is 0.123 e. The topological polar surface area (TPSA) is 29.3 Å². The average Bonchev–Trinajstić information content (AvgIpc) is 2.75. The molecule has 2 unspecified atom stereocenters. The van der Waals surface area contributed by atoms with E-state index in [1.807, 2.05) is 26.1 Å². The number of thiophene rings is 1. The summed E-state index contributed by atoms with van der Waals surface area (Å²) < 4.78 is 14.4. The van der Waals surface area contributed by atoms with Gasteiger partial charge in [-0.25, -0.2) is 4.39 Å². The smallest absolute Gasteiger partial charge is 0.123 e. The van der Waals surface area contributed by atoms with Crippen LogP contribution in [0.2, 0.25) is 0 Å². The van der Waals surface area contributed by atoms with Gasteiger partial charge in [-0.1, -0.05) is 12.1 Å². The summed E-state index contributed by atoms with van der Waals surface area (Å²) in [6, 6.07) is 10.9. The molecule has 0 aliphatic carbocycles. The van der Waals surface area contributed by atoms with Gasteiger partial charge in [-0.3, -0.25) is 4.90 Å². The summed E-state index contributed by atoms with van der Waals surface area (Å²) in [5.41, 5.74) is 7.09. The predicted molar refractivity (Wildman–Crippen MR) is 86.3 cm³/mol. The molecule has 2 nitrogen and oxygen atoms in total. The Bertz CT molecular complexity index is 571. The molecule has 2 N–H and O–H groups in total. The Morgan fingerprint density at radius 1 is 1.35 bits per heavy atom. The van der Waals surface area contributed by atoms with E-state index < -0.39 is 0 Å². The van der Waals surface area contributed by atoms with Crippen LogP contribution in [-0.4, -0.2) is 18.0 Å². The number of halogens is 2. The zero-order chi connectivity index (χ0) is 14.7. The van der Waals surface area contributed by atoms with Gasteiger partial charge in [-0.2, -0.15) is 0 Å². The summed E-state index contributed by atoms with van der Waals surface area (Å²) >= 11 is 5.17. The van der Waals surface area contributed by atoms with Crippen LogP contribution in [-0.2, 0) is 6.54 Å². The Labute approximate surface area is 131 Å². The molecule has 0 saturated heterocycles. The Hall–Kier alpha value is -0.750. The van der Waals surface area contributed by atoms with Crippen molar-refractivity contribution in [2.24, 2.45) is 5.73 Å². The molecule has 1 aromatic carbocycles. The predicted octanol–water partition coefficient (Wildman–Crippen LogP) is 4.17. The molecule has 1 aromatic heterocycles. The van der Waals surface area contributed by atoms with Gasteiger partial charge in [-0.05, 0) is 59.7 Å². The highest BCUT2D eigenvalue weighted by Gasteiger charge is 2.23. The third kappa shape index (κ3) is 3.88. The van der Waals surface area contributed by atoms with Gasteiger partial charge in [0.1, 0.15) is 5.82 Å². The Morgan fingerprint density at radius 3 is 2.65 bits per heavy atom. The van der Waals surface area contributed by atoms with E-state index in [0.29, 0.717) is 6.54 Å². The van der Waals surface area contributed by atoms with Gasteiger partial charge >= 0.3 is 0 Å². The van der Waals surface area contributed by atoms with Crippen molar-refractivity contribution in [1.29, 1.82) is 0 Å². The molecule has 20 heavy (non-hydrogen) atoms. The molecule has 5 heteroatoms. The molecule has 2 rings (SSSR count). The third-order valence-corrected chi connectivity index (χ3v) is 4.87. The van der Waals surface area contributed by atoms with Crippen molar-refractivity contribution in [2.75, 3.05) is 7.05 Å². The zero-order valence-electron chi connectivity index (χ0n) is 11.5. The second kappa shape index (κ2) is 6.80. The van der Waals surface area contributed by atoms with E-state index in [1.54, 1.807) is 23.5 Å². The molecule has 0 saturated carbocycles. The summed E-state index contributed by atoms with van der Waals surface area (Å²) in [6.07, 6.45) is 0. The van der Waals surface area contributed by atoms with Gasteiger partial charge in [0.25, 0.3) is 0 Å². The second-order valence-corrected chi connectivity index (χ2v) is 7.49. The Balaban J connectivity index is 2.17. The quantitative estimate of drug-likeness (QED) is 0.870. The van der Waals surface area contributed by atoms with Crippen LogP contribution in [0.15, 0.2) is 40.2 Å². The molecule has 0 radical (unpaired) electrons. The van der Waals surface area contributed by atoms with E-state index in [0.717, 1.165) is 9.35 Å². The van der Waals surface area contributed by atoms with Crippen LogP contribution in [0.3, 0.4) is 0 Å². The molecule has 2 atom stereocenters. The van der Waals surface area contributed by atoms with Crippen LogP contribution in [0.25, 0.3) is 0 Å². The Kier molecular flexibility index (Phi) is 5.32. The summed E-state index contributed by atoms with van der Waals surface area (Å²) in [6.45, 7) is 2.67. The van der Waals surface area contributed by atoms with Crippen molar-refractivity contribution in [3.05, 3.63) is 56.4 Å². The van der Waals surface area contributed by atoms with Crippen molar-refractivity contribution in [3.8, 4) is 0 Å². The van der Waals surface area contributed by atoms with Gasteiger partial charge < -0.3 is 5.73 Å². The summed E-state index contributed by atoms with van der Waals surface area (Å²) in [5, 5.41) is 0. The van der Waals surface area contributed by atoms with Crippen LogP contribution < -0.4 is 5.73 Å². The van der Waals surface area contributed by atoms with Crippen LogP contribution in [0.5, 0.6) is 0 Å². The minimum absolute atomic E-state index is 0.000825. The molecule has 0 spiro atoms. The normalized spacial score (nSPS) is 14.5. The standard InChI is InChI=1S/C15H18BrFN2S/c1-10(18)15(13-6-7-14(16)20-13)19(2)9-11-4-3-5-12(17)8-11/h3-8,10,15H,9,18H2,1-2H3. The van der Waals surface area contributed by atoms with E-state index in [4.69, 9.17) is 5.73 Å². The molecule has 108 valence electrons. The third-order valence-electron chi connectivity index (χ3n) is 3.18. The first-order valence-corrected chi connectivity index (χ1v) is 8.04. The summed E-state index contributed by atoms with van der Waals surface area (Å²) in [7, 11) is 2.02. The molecule has 0 amide bonds. The first-order chi connectivity index (χ1) is 9.47. The maximum atomic E-state index is 13.3. The fourth-order valence-electron chi connectivity index (χ4n) is 2.39. The van der Waals surface area contributed by atoms with Crippen LogP contribution in [0.4, 0.5) is 4.39 Å². The largest absolute Gasteiger partial charge is 0.326 e. The number of likely N-dealkylation sites (N-methyl/N-ethyl adjacent to an activating group) is 1. The van der Waals surface area contributed by atoms with Crippen molar-refractivity contribution in [1.82, 2.24) is 4.90 Å². The van der Waals surface area contributed by atoms with Crippen LogP contribution in [0.1, 0.15) is 23.4 Å². The number of hydrogen-bond donors (Lipinski definition) is 1. The van der Waals surface area contributed by atoms with E-state index in [-0.39, 0.29) is 17.9 Å². The van der Waals surface area contributed by atoms with E-state index in [9.17, 15) is 4.39 Å². The summed E-state index contributed by atoms with van der Waals surface area (Å²) in [5.74, 6) is -0.202. The molecular formula is C15H18BrFN2S. The number of nitrogens with two attached hydrogens (primary N) is 1. The fraction of sp³-hybridized carbons (Fsp3) is 0.333. The van der Waals surface area contributed by atoms with E-state index in [1.165, 1.54) is 10.9 Å². The number of nitrogens with zero attached hydrogens (tertiary/aromatic N) is 1.